The van der Waals surface area contributed by atoms with Crippen molar-refractivity contribution in [3.05, 3.63) is 0 Å². The topological polar surface area (TPSA) is 62.9 Å². The Balaban J connectivity index is 0.00000264. The molecule has 2 fully saturated rings. The average molecular weight is 438 g/mol. The minimum absolute atomic E-state index is 0. The quantitative estimate of drug-likeness (QED) is 0.252. The van der Waals surface area contributed by atoms with E-state index in [1.54, 1.807) is 0 Å². The van der Waals surface area contributed by atoms with Crippen LogP contribution >= 0.6 is 24.0 Å². The molecule has 0 spiro atoms. The second kappa shape index (κ2) is 13.2. The van der Waals surface area contributed by atoms with Gasteiger partial charge in [-0.1, -0.05) is 38.5 Å². The maximum atomic E-state index is 5.90. The molecule has 0 radical (unpaired) electrons. The highest BCUT2D eigenvalue weighted by molar-refractivity contribution is 14.0. The number of nitrogens with one attached hydrogen (secondary N) is 1. The molecule has 0 amide bonds. The van der Waals surface area contributed by atoms with Gasteiger partial charge in [-0.3, -0.25) is 9.89 Å². The van der Waals surface area contributed by atoms with Gasteiger partial charge in [0, 0.05) is 32.7 Å². The summed E-state index contributed by atoms with van der Waals surface area (Å²) < 4.78 is 5.34. The first-order valence-corrected chi connectivity index (χ1v) is 9.18. The van der Waals surface area contributed by atoms with Crippen LogP contribution in [0.2, 0.25) is 0 Å². The Labute approximate surface area is 158 Å². The van der Waals surface area contributed by atoms with Crippen LogP contribution in [0, 0.1) is 5.92 Å². The van der Waals surface area contributed by atoms with Gasteiger partial charge in [-0.15, -0.1) is 24.0 Å². The van der Waals surface area contributed by atoms with E-state index in [2.05, 4.69) is 15.2 Å². The summed E-state index contributed by atoms with van der Waals surface area (Å²) in [7, 11) is 0. The number of rotatable bonds is 9. The van der Waals surface area contributed by atoms with Crippen molar-refractivity contribution < 1.29 is 4.74 Å². The summed E-state index contributed by atoms with van der Waals surface area (Å²) in [6.07, 6.45) is 10.8. The molecule has 0 aromatic rings. The van der Waals surface area contributed by atoms with E-state index in [1.165, 1.54) is 44.9 Å². The van der Waals surface area contributed by atoms with Gasteiger partial charge in [0.25, 0.3) is 0 Å². The SMILES string of the molecule is I.NC(=NCCCN1CCOCC1)NCCCCC1CCCC1. The van der Waals surface area contributed by atoms with Gasteiger partial charge in [0.2, 0.25) is 0 Å². The Bertz CT molecular complexity index is 316. The summed E-state index contributed by atoms with van der Waals surface area (Å²) in [5, 5.41) is 3.24. The van der Waals surface area contributed by atoms with E-state index in [0.717, 1.165) is 58.3 Å². The first-order valence-electron chi connectivity index (χ1n) is 9.18. The van der Waals surface area contributed by atoms with Gasteiger partial charge in [-0.2, -0.15) is 0 Å². The molecule has 1 heterocycles. The number of halogens is 1. The Morgan fingerprint density at radius 3 is 2.61 bits per heavy atom. The predicted octanol–water partition coefficient (Wildman–Crippen LogP) is 2.59. The second-order valence-corrected chi connectivity index (χ2v) is 6.65. The van der Waals surface area contributed by atoms with E-state index < -0.39 is 0 Å². The Kier molecular flexibility index (Phi) is 12.1. The molecule has 1 aliphatic carbocycles. The van der Waals surface area contributed by atoms with E-state index in [9.17, 15) is 0 Å². The molecule has 136 valence electrons. The number of nitrogens with zero attached hydrogens (tertiary/aromatic N) is 2. The lowest BCUT2D eigenvalue weighted by Gasteiger charge is -2.26. The summed E-state index contributed by atoms with van der Waals surface area (Å²) in [6, 6.07) is 0. The number of nitrogens with two attached hydrogens (primary N) is 1. The summed E-state index contributed by atoms with van der Waals surface area (Å²) in [5.41, 5.74) is 5.90. The highest BCUT2D eigenvalue weighted by Gasteiger charge is 2.13. The summed E-state index contributed by atoms with van der Waals surface area (Å²) in [5.74, 6) is 1.62. The van der Waals surface area contributed by atoms with E-state index >= 15 is 0 Å². The van der Waals surface area contributed by atoms with E-state index in [0.29, 0.717) is 5.96 Å². The molecule has 0 bridgehead atoms. The predicted molar refractivity (Wildman–Crippen MR) is 108 cm³/mol. The molecule has 23 heavy (non-hydrogen) atoms. The van der Waals surface area contributed by atoms with Crippen molar-refractivity contribution in [1.82, 2.24) is 10.2 Å². The molecule has 6 heteroatoms. The van der Waals surface area contributed by atoms with E-state index in [1.807, 2.05) is 0 Å². The lowest BCUT2D eigenvalue weighted by Crippen LogP contribution is -2.37. The van der Waals surface area contributed by atoms with E-state index in [4.69, 9.17) is 10.5 Å². The maximum absolute atomic E-state index is 5.90. The molecule has 1 aliphatic heterocycles. The molecule has 2 aliphatic rings. The Morgan fingerprint density at radius 1 is 1.13 bits per heavy atom. The van der Waals surface area contributed by atoms with Crippen LogP contribution in [-0.4, -0.2) is 56.8 Å². The van der Waals surface area contributed by atoms with Gasteiger partial charge in [0.05, 0.1) is 13.2 Å². The fourth-order valence-electron chi connectivity index (χ4n) is 3.45. The van der Waals surface area contributed by atoms with Gasteiger partial charge in [0.15, 0.2) is 5.96 Å². The van der Waals surface area contributed by atoms with Crippen molar-refractivity contribution in [3.63, 3.8) is 0 Å². The zero-order valence-electron chi connectivity index (χ0n) is 14.5. The largest absolute Gasteiger partial charge is 0.379 e. The molecule has 0 unspecified atom stereocenters. The van der Waals surface area contributed by atoms with Crippen LogP contribution in [0.25, 0.3) is 0 Å². The molecule has 1 saturated carbocycles. The van der Waals surface area contributed by atoms with Gasteiger partial charge < -0.3 is 15.8 Å². The molecule has 2 rings (SSSR count). The minimum Gasteiger partial charge on any atom is -0.379 e. The van der Waals surface area contributed by atoms with Gasteiger partial charge in [-0.05, 0) is 18.8 Å². The standard InChI is InChI=1S/C17H34N4O.HI/c18-17(19-9-4-3-8-16-6-1-2-7-16)20-10-5-11-21-12-14-22-15-13-21;/h16H,1-15H2,(H3,18,19,20);1H. The third-order valence-corrected chi connectivity index (χ3v) is 4.84. The highest BCUT2D eigenvalue weighted by atomic mass is 127. The Hall–Kier alpha value is -0.0800. The number of ether oxygens (including phenoxy) is 1. The summed E-state index contributed by atoms with van der Waals surface area (Å²) in [4.78, 5) is 6.85. The molecule has 3 N–H and O–H groups in total. The first kappa shape index (κ1) is 21.0. The number of unbranched alkanes of at least 4 members (excludes halogenated alkanes) is 1. The van der Waals surface area contributed by atoms with Gasteiger partial charge in [-0.25, -0.2) is 0 Å². The van der Waals surface area contributed by atoms with Crippen molar-refractivity contribution in [2.75, 3.05) is 45.9 Å². The van der Waals surface area contributed by atoms with Crippen molar-refractivity contribution in [3.8, 4) is 0 Å². The van der Waals surface area contributed by atoms with Crippen LogP contribution in [0.1, 0.15) is 51.4 Å². The Morgan fingerprint density at radius 2 is 1.87 bits per heavy atom. The fourth-order valence-corrected chi connectivity index (χ4v) is 3.45. The van der Waals surface area contributed by atoms with E-state index in [-0.39, 0.29) is 24.0 Å². The van der Waals surface area contributed by atoms with Crippen LogP contribution in [0.3, 0.4) is 0 Å². The van der Waals surface area contributed by atoms with Crippen molar-refractivity contribution in [1.29, 1.82) is 0 Å². The van der Waals surface area contributed by atoms with Crippen LogP contribution < -0.4 is 11.1 Å². The highest BCUT2D eigenvalue weighted by Crippen LogP contribution is 2.28. The van der Waals surface area contributed by atoms with Gasteiger partial charge >= 0.3 is 0 Å². The summed E-state index contributed by atoms with van der Waals surface area (Å²) in [6.45, 7) is 6.73. The minimum atomic E-state index is 0. The fraction of sp³-hybridized carbons (Fsp3) is 0.941. The van der Waals surface area contributed by atoms with Crippen molar-refractivity contribution in [2.45, 2.75) is 51.4 Å². The maximum Gasteiger partial charge on any atom is 0.188 e. The summed E-state index contributed by atoms with van der Waals surface area (Å²) >= 11 is 0. The van der Waals surface area contributed by atoms with Crippen LogP contribution in [0.15, 0.2) is 4.99 Å². The first-order chi connectivity index (χ1) is 10.8. The third kappa shape index (κ3) is 9.72. The van der Waals surface area contributed by atoms with Crippen LogP contribution in [0.4, 0.5) is 0 Å². The third-order valence-electron chi connectivity index (χ3n) is 4.84. The number of aliphatic imine (C=N–C) groups is 1. The molecular formula is C17H35IN4O. The van der Waals surface area contributed by atoms with Crippen molar-refractivity contribution in [2.24, 2.45) is 16.6 Å². The number of hydrogen-bond donors (Lipinski definition) is 2. The average Bonchev–Trinajstić information content (AvgIpc) is 3.06. The molecule has 1 saturated heterocycles. The zero-order chi connectivity index (χ0) is 15.5. The normalized spacial score (nSPS) is 20.4. The smallest absolute Gasteiger partial charge is 0.188 e. The second-order valence-electron chi connectivity index (χ2n) is 6.65. The molecular weight excluding hydrogens is 403 g/mol. The number of guanidine groups is 1. The van der Waals surface area contributed by atoms with Crippen LogP contribution in [0.5, 0.6) is 0 Å². The monoisotopic (exact) mass is 438 g/mol. The molecule has 0 aromatic carbocycles. The molecule has 0 aromatic heterocycles. The lowest BCUT2D eigenvalue weighted by atomic mass is 10.0. The number of hydrogen-bond acceptors (Lipinski definition) is 3. The number of morpholine rings is 1. The lowest BCUT2D eigenvalue weighted by molar-refractivity contribution is 0.0377. The van der Waals surface area contributed by atoms with Crippen molar-refractivity contribution >= 4 is 29.9 Å². The van der Waals surface area contributed by atoms with Crippen LogP contribution in [-0.2, 0) is 4.74 Å². The molecule has 0 atom stereocenters. The van der Waals surface area contributed by atoms with Gasteiger partial charge in [0.1, 0.15) is 0 Å². The zero-order valence-corrected chi connectivity index (χ0v) is 16.8. The molecule has 5 nitrogen and oxygen atoms in total.